The number of carbonyl (C=O) groups is 1. The minimum absolute atomic E-state index is 0.0166. The summed E-state index contributed by atoms with van der Waals surface area (Å²) in [4.78, 5) is 25.6. The van der Waals surface area contributed by atoms with Crippen LogP contribution >= 0.6 is 0 Å². The fourth-order valence-electron chi connectivity index (χ4n) is 8.13. The van der Waals surface area contributed by atoms with Crippen LogP contribution in [0, 0.1) is 38.7 Å². The molecule has 31 heavy (non-hydrogen) atoms. The first-order valence-electron chi connectivity index (χ1n) is 12.0. The second-order valence-corrected chi connectivity index (χ2v) is 11.1. The van der Waals surface area contributed by atoms with Crippen molar-refractivity contribution in [3.63, 3.8) is 0 Å². The van der Waals surface area contributed by atoms with Crippen molar-refractivity contribution in [2.75, 3.05) is 7.05 Å². The highest BCUT2D eigenvalue weighted by Crippen LogP contribution is 2.65. The van der Waals surface area contributed by atoms with Crippen molar-refractivity contribution < 1.29 is 9.72 Å². The van der Waals surface area contributed by atoms with Crippen molar-refractivity contribution in [1.82, 2.24) is 4.90 Å². The van der Waals surface area contributed by atoms with Crippen LogP contribution in [0.1, 0.15) is 64.4 Å². The van der Waals surface area contributed by atoms with E-state index in [9.17, 15) is 14.9 Å². The van der Waals surface area contributed by atoms with Gasteiger partial charge < -0.3 is 4.90 Å². The van der Waals surface area contributed by atoms with Crippen molar-refractivity contribution in [2.24, 2.45) is 28.6 Å². The molecule has 1 aromatic carbocycles. The summed E-state index contributed by atoms with van der Waals surface area (Å²) < 4.78 is 0. The second kappa shape index (κ2) is 7.18. The number of fused-ring (bicyclic) bond motifs is 5. The van der Waals surface area contributed by atoms with Gasteiger partial charge in [-0.1, -0.05) is 38.0 Å². The van der Waals surface area contributed by atoms with Crippen LogP contribution in [0.4, 0.5) is 5.69 Å². The van der Waals surface area contributed by atoms with Gasteiger partial charge >= 0.3 is 0 Å². The van der Waals surface area contributed by atoms with E-state index in [4.69, 9.17) is 0 Å². The number of hydrogen-bond acceptors (Lipinski definition) is 3. The normalized spacial score (nSPS) is 39.4. The zero-order chi connectivity index (χ0) is 22.0. The molecule has 1 aliphatic heterocycles. The number of nitro benzene ring substituents is 1. The molecule has 0 N–H and O–H groups in total. The summed E-state index contributed by atoms with van der Waals surface area (Å²) in [5.41, 5.74) is 2.91. The molecule has 0 radical (unpaired) electrons. The Morgan fingerprint density at radius 1 is 1.06 bits per heavy atom. The first-order valence-corrected chi connectivity index (χ1v) is 12.0. The van der Waals surface area contributed by atoms with Crippen LogP contribution in [0.2, 0.25) is 0 Å². The first-order chi connectivity index (χ1) is 14.7. The molecule has 6 atom stereocenters. The monoisotopic (exact) mass is 422 g/mol. The summed E-state index contributed by atoms with van der Waals surface area (Å²) in [5, 5.41) is 11.0. The molecule has 5 heteroatoms. The number of nitro groups is 1. The van der Waals surface area contributed by atoms with Gasteiger partial charge in [-0.2, -0.15) is 0 Å². The Labute approximate surface area is 185 Å². The van der Waals surface area contributed by atoms with E-state index in [0.717, 1.165) is 23.8 Å². The van der Waals surface area contributed by atoms with Gasteiger partial charge in [0.15, 0.2) is 0 Å². The molecule has 4 aliphatic rings. The largest absolute Gasteiger partial charge is 0.338 e. The van der Waals surface area contributed by atoms with Crippen LogP contribution in [0.5, 0.6) is 0 Å². The van der Waals surface area contributed by atoms with Gasteiger partial charge in [0.05, 0.1) is 4.92 Å². The zero-order valence-corrected chi connectivity index (χ0v) is 19.0. The maximum Gasteiger partial charge on any atom is 0.269 e. The fourth-order valence-corrected chi connectivity index (χ4v) is 8.13. The highest BCUT2D eigenvalue weighted by molar-refractivity contribution is 5.90. The van der Waals surface area contributed by atoms with E-state index in [1.165, 1.54) is 44.1 Å². The van der Waals surface area contributed by atoms with Crippen LogP contribution in [0.3, 0.4) is 0 Å². The van der Waals surface area contributed by atoms with Crippen LogP contribution in [0.25, 0.3) is 0 Å². The van der Waals surface area contributed by atoms with E-state index in [1.54, 1.807) is 12.1 Å². The van der Waals surface area contributed by atoms with Gasteiger partial charge in [0.1, 0.15) is 0 Å². The summed E-state index contributed by atoms with van der Waals surface area (Å²) in [6.45, 7) is 4.95. The Hall–Kier alpha value is -2.17. The zero-order valence-electron chi connectivity index (χ0n) is 19.0. The van der Waals surface area contributed by atoms with Crippen molar-refractivity contribution >= 4 is 11.6 Å². The number of nitrogens with zero attached hydrogens (tertiary/aromatic N) is 2. The lowest BCUT2D eigenvalue weighted by atomic mass is 9.46. The molecule has 5 rings (SSSR count). The van der Waals surface area contributed by atoms with E-state index in [-0.39, 0.29) is 28.0 Å². The molecule has 3 fully saturated rings. The summed E-state index contributed by atoms with van der Waals surface area (Å²) in [5.74, 6) is 2.30. The van der Waals surface area contributed by atoms with Crippen molar-refractivity contribution in [3.8, 4) is 0 Å². The Morgan fingerprint density at radius 3 is 2.52 bits per heavy atom. The van der Waals surface area contributed by atoms with E-state index < -0.39 is 0 Å². The van der Waals surface area contributed by atoms with Crippen LogP contribution in [-0.2, 0) is 11.2 Å². The molecule has 1 heterocycles. The number of amides is 1. The lowest BCUT2D eigenvalue weighted by molar-refractivity contribution is -0.384. The lowest BCUT2D eigenvalue weighted by Crippen LogP contribution is -2.61. The summed E-state index contributed by atoms with van der Waals surface area (Å²) >= 11 is 0. The predicted octanol–water partition coefficient (Wildman–Crippen LogP) is 5.54. The molecule has 1 amide bonds. The topological polar surface area (TPSA) is 63.5 Å². The number of non-ortho nitro benzene ring substituents is 1. The minimum Gasteiger partial charge on any atom is -0.338 e. The molecular weight excluding hydrogens is 388 g/mol. The standard InChI is InChI=1S/C26H34N2O3/c1-25-13-4-5-21(25)20-10-11-23-26(2,22(20)12-14-25)18(16-24(29)27(23)3)15-17-6-8-19(9-7-17)28(30)31/h6-9,16,20-23H,4-5,10-15H2,1-3H3/t20-,21-,22+,23?,25-,26+/m0/s1. The van der Waals surface area contributed by atoms with E-state index in [2.05, 4.69) is 13.8 Å². The number of rotatable bonds is 3. The minimum atomic E-state index is -0.355. The number of benzene rings is 1. The summed E-state index contributed by atoms with van der Waals surface area (Å²) in [7, 11) is 1.98. The average Bonchev–Trinajstić information content (AvgIpc) is 3.14. The first kappa shape index (κ1) is 20.7. The summed E-state index contributed by atoms with van der Waals surface area (Å²) in [6, 6.07) is 7.14. The Morgan fingerprint density at radius 2 is 1.81 bits per heavy atom. The third-order valence-corrected chi connectivity index (χ3v) is 9.80. The maximum atomic E-state index is 12.9. The highest BCUT2D eigenvalue weighted by atomic mass is 16.6. The smallest absolute Gasteiger partial charge is 0.269 e. The van der Waals surface area contributed by atoms with Crippen LogP contribution in [-0.4, -0.2) is 28.8 Å². The molecule has 0 bridgehead atoms. The van der Waals surface area contributed by atoms with E-state index in [0.29, 0.717) is 17.8 Å². The maximum absolute atomic E-state index is 12.9. The Bertz CT molecular complexity index is 938. The molecule has 1 unspecified atom stereocenters. The molecule has 0 spiro atoms. The Kier molecular flexibility index (Phi) is 4.80. The number of carbonyl (C=O) groups excluding carboxylic acids is 1. The SMILES string of the molecule is CN1C(=O)C=C(Cc2ccc([N+](=O)[O-])cc2)[C@@]2(C)C1CC[C@@H]1[C@H]2CC[C@]2(C)CCC[C@@H]12. The molecule has 1 aromatic rings. The molecular formula is C26H34N2O3. The predicted molar refractivity (Wildman–Crippen MR) is 120 cm³/mol. The van der Waals surface area contributed by atoms with Crippen molar-refractivity contribution in [1.29, 1.82) is 0 Å². The second-order valence-electron chi connectivity index (χ2n) is 11.1. The summed E-state index contributed by atoms with van der Waals surface area (Å²) in [6.07, 6.45) is 11.6. The fraction of sp³-hybridized carbons (Fsp3) is 0.654. The van der Waals surface area contributed by atoms with Gasteiger partial charge in [0.25, 0.3) is 5.69 Å². The van der Waals surface area contributed by atoms with Crippen LogP contribution in [0.15, 0.2) is 35.9 Å². The molecule has 166 valence electrons. The van der Waals surface area contributed by atoms with Gasteiger partial charge in [-0.3, -0.25) is 14.9 Å². The number of hydrogen-bond donors (Lipinski definition) is 0. The molecule has 0 saturated heterocycles. The molecule has 3 aliphatic carbocycles. The van der Waals surface area contributed by atoms with Gasteiger partial charge in [0.2, 0.25) is 5.91 Å². The third-order valence-electron chi connectivity index (χ3n) is 9.80. The van der Waals surface area contributed by atoms with Gasteiger partial charge in [0, 0.05) is 36.7 Å². The van der Waals surface area contributed by atoms with E-state index >= 15 is 0 Å². The van der Waals surface area contributed by atoms with Gasteiger partial charge in [-0.05, 0) is 73.7 Å². The van der Waals surface area contributed by atoms with Gasteiger partial charge in [-0.25, -0.2) is 0 Å². The number of likely N-dealkylation sites (N-methyl/N-ethyl adjacent to an activating group) is 1. The van der Waals surface area contributed by atoms with E-state index in [1.807, 2.05) is 30.2 Å². The molecule has 3 saturated carbocycles. The van der Waals surface area contributed by atoms with Crippen LogP contribution < -0.4 is 0 Å². The highest BCUT2D eigenvalue weighted by Gasteiger charge is 2.60. The van der Waals surface area contributed by atoms with Gasteiger partial charge in [-0.15, -0.1) is 0 Å². The third kappa shape index (κ3) is 3.07. The average molecular weight is 423 g/mol. The lowest BCUT2D eigenvalue weighted by Gasteiger charge is -2.61. The van der Waals surface area contributed by atoms with Crippen molar-refractivity contribution in [2.45, 2.75) is 71.3 Å². The molecule has 0 aromatic heterocycles. The quantitative estimate of drug-likeness (QED) is 0.475. The Balaban J connectivity index is 1.51. The van der Waals surface area contributed by atoms with Crippen molar-refractivity contribution in [3.05, 3.63) is 51.6 Å². The molecule has 5 nitrogen and oxygen atoms in total.